The van der Waals surface area contributed by atoms with Crippen LogP contribution in [0.4, 0.5) is 5.95 Å². The van der Waals surface area contributed by atoms with Crippen LogP contribution < -0.4 is 5.73 Å². The third-order valence-electron chi connectivity index (χ3n) is 1.86. The summed E-state index contributed by atoms with van der Waals surface area (Å²) in [6.07, 6.45) is 1.33. The van der Waals surface area contributed by atoms with Gasteiger partial charge in [-0.05, 0) is 12.1 Å². The first kappa shape index (κ1) is 6.93. The molecule has 0 bridgehead atoms. The summed E-state index contributed by atoms with van der Waals surface area (Å²) in [5.41, 5.74) is 5.58. The molecule has 0 aromatic carbocycles. The van der Waals surface area contributed by atoms with Crippen molar-refractivity contribution in [1.29, 1.82) is 0 Å². The molecule has 0 fully saturated rings. The maximum absolute atomic E-state index is 7.30. The lowest BCUT2D eigenvalue weighted by Gasteiger charge is -1.91. The van der Waals surface area contributed by atoms with Crippen LogP contribution in [0.3, 0.4) is 0 Å². The maximum atomic E-state index is 7.30. The fourth-order valence-electron chi connectivity index (χ4n) is 1.21. The average molecular weight is 203 g/mol. The van der Waals surface area contributed by atoms with Crippen molar-refractivity contribution in [3.05, 3.63) is 24.7 Å². The Morgan fingerprint density at radius 2 is 2.40 bits per heavy atom. The van der Waals surface area contributed by atoms with E-state index in [1.54, 1.807) is 12.1 Å². The Kier molecular flexibility index (Phi) is 1.28. The molecule has 0 aliphatic carbocycles. The third-order valence-corrected chi connectivity index (χ3v) is 1.86. The number of aromatic nitrogens is 5. The van der Waals surface area contributed by atoms with Gasteiger partial charge in [-0.3, -0.25) is 0 Å². The van der Waals surface area contributed by atoms with Crippen molar-refractivity contribution in [1.82, 2.24) is 24.6 Å². The molecule has 0 unspecified atom stereocenters. The van der Waals surface area contributed by atoms with Crippen LogP contribution in [0.1, 0.15) is 1.37 Å². The Balaban J connectivity index is 2.27. The van der Waals surface area contributed by atoms with Crippen LogP contribution in [0.2, 0.25) is 0 Å². The first-order valence-corrected chi connectivity index (χ1v) is 4.15. The van der Waals surface area contributed by atoms with Crippen LogP contribution in [0.15, 0.2) is 29.1 Å². The van der Waals surface area contributed by atoms with E-state index in [2.05, 4.69) is 20.1 Å². The van der Waals surface area contributed by atoms with Crippen molar-refractivity contribution >= 4 is 11.7 Å². The van der Waals surface area contributed by atoms with E-state index >= 15 is 0 Å². The first-order chi connectivity index (χ1) is 7.74. The minimum atomic E-state index is -0.191. The second-order valence-electron chi connectivity index (χ2n) is 2.81. The van der Waals surface area contributed by atoms with Gasteiger partial charge in [0.05, 0.1) is 6.26 Å². The first-order valence-electron chi connectivity index (χ1n) is 4.65. The van der Waals surface area contributed by atoms with Crippen molar-refractivity contribution in [2.75, 3.05) is 5.73 Å². The summed E-state index contributed by atoms with van der Waals surface area (Å²) in [6.45, 7) is 0. The summed E-state index contributed by atoms with van der Waals surface area (Å²) in [5.74, 6) is 1.16. The summed E-state index contributed by atoms with van der Waals surface area (Å²) in [5, 5.41) is 4.07. The van der Waals surface area contributed by atoms with E-state index in [0.717, 1.165) is 0 Å². The van der Waals surface area contributed by atoms with E-state index in [1.807, 2.05) is 0 Å². The second kappa shape index (κ2) is 2.77. The minimum Gasteiger partial charge on any atom is -0.461 e. The monoisotopic (exact) mass is 203 g/mol. The predicted octanol–water partition coefficient (Wildman–Crippen LogP) is 0.361. The molecule has 3 rings (SSSR count). The van der Waals surface area contributed by atoms with Crippen molar-refractivity contribution in [3.8, 4) is 11.6 Å². The van der Waals surface area contributed by atoms with Crippen LogP contribution in [-0.4, -0.2) is 24.6 Å². The van der Waals surface area contributed by atoms with Gasteiger partial charge >= 0.3 is 0 Å². The molecule has 0 aliphatic rings. The quantitative estimate of drug-likeness (QED) is 0.613. The Bertz CT molecular complexity index is 646. The molecule has 3 aromatic heterocycles. The Hall–Kier alpha value is -2.44. The van der Waals surface area contributed by atoms with Crippen molar-refractivity contribution in [2.45, 2.75) is 0 Å². The zero-order valence-corrected chi connectivity index (χ0v) is 7.45. The molecule has 0 amide bonds. The van der Waals surface area contributed by atoms with E-state index in [-0.39, 0.29) is 18.0 Å². The van der Waals surface area contributed by atoms with Crippen LogP contribution >= 0.6 is 0 Å². The summed E-state index contributed by atoms with van der Waals surface area (Å²) in [7, 11) is 0. The molecule has 0 atom stereocenters. The van der Waals surface area contributed by atoms with E-state index < -0.39 is 0 Å². The molecule has 7 heteroatoms. The number of nitrogen functional groups attached to an aromatic ring is 1. The lowest BCUT2D eigenvalue weighted by atomic mass is 10.4. The standard InChI is InChI=1S/C8H6N6O/c9-7-10-4-11-8-12-6(13-14(7)8)5-2-1-3-15-5/h1-4H,(H2,9,10,11,12,13)/i4D. The molecule has 3 heterocycles. The average Bonchev–Trinajstić information content (AvgIpc) is 2.82. The van der Waals surface area contributed by atoms with Crippen LogP contribution in [0.5, 0.6) is 0 Å². The molecular weight excluding hydrogens is 196 g/mol. The number of hydrogen-bond donors (Lipinski definition) is 1. The number of fused-ring (bicyclic) bond motifs is 1. The normalized spacial score (nSPS) is 11.9. The number of anilines is 1. The number of rotatable bonds is 1. The Morgan fingerprint density at radius 1 is 1.47 bits per heavy atom. The number of nitrogens with two attached hydrogens (primary N) is 1. The SMILES string of the molecule is [2H]c1nc(N)n2nc(-c3ccco3)nc2n1. The zero-order valence-electron chi connectivity index (χ0n) is 8.45. The summed E-state index contributed by atoms with van der Waals surface area (Å²) < 4.78 is 13.7. The number of nitrogens with zero attached hydrogens (tertiary/aromatic N) is 5. The molecule has 0 saturated heterocycles. The van der Waals surface area contributed by atoms with Crippen LogP contribution in [0, 0.1) is 0 Å². The van der Waals surface area contributed by atoms with Gasteiger partial charge in [0, 0.05) is 0 Å². The summed E-state index contributed by atoms with van der Waals surface area (Å²) in [4.78, 5) is 11.5. The molecule has 15 heavy (non-hydrogen) atoms. The van der Waals surface area contributed by atoms with Gasteiger partial charge in [0.2, 0.25) is 11.8 Å². The maximum Gasteiger partial charge on any atom is 0.257 e. The van der Waals surface area contributed by atoms with Crippen molar-refractivity contribution in [3.63, 3.8) is 0 Å². The second-order valence-corrected chi connectivity index (χ2v) is 2.81. The lowest BCUT2D eigenvalue weighted by molar-refractivity contribution is 0.577. The molecule has 74 valence electrons. The molecule has 7 nitrogen and oxygen atoms in total. The molecule has 0 radical (unpaired) electrons. The van der Waals surface area contributed by atoms with Crippen LogP contribution in [0.25, 0.3) is 17.4 Å². The number of hydrogen-bond acceptors (Lipinski definition) is 6. The topological polar surface area (TPSA) is 95.1 Å². The highest BCUT2D eigenvalue weighted by Gasteiger charge is 2.10. The molecule has 0 saturated carbocycles. The fraction of sp³-hybridized carbons (Fsp3) is 0. The largest absolute Gasteiger partial charge is 0.461 e. The van der Waals surface area contributed by atoms with Gasteiger partial charge in [-0.15, -0.1) is 5.10 Å². The lowest BCUT2D eigenvalue weighted by Crippen LogP contribution is -2.02. The smallest absolute Gasteiger partial charge is 0.257 e. The van der Waals surface area contributed by atoms with Gasteiger partial charge in [0.25, 0.3) is 5.78 Å². The summed E-state index contributed by atoms with van der Waals surface area (Å²) >= 11 is 0. The highest BCUT2D eigenvalue weighted by molar-refractivity contribution is 5.50. The highest BCUT2D eigenvalue weighted by atomic mass is 16.3. The van der Waals surface area contributed by atoms with Crippen molar-refractivity contribution in [2.24, 2.45) is 0 Å². The van der Waals surface area contributed by atoms with E-state index in [0.29, 0.717) is 11.6 Å². The molecule has 2 N–H and O–H groups in total. The van der Waals surface area contributed by atoms with Crippen molar-refractivity contribution < 1.29 is 5.79 Å². The fourth-order valence-corrected chi connectivity index (χ4v) is 1.21. The molecule has 0 spiro atoms. The third kappa shape index (κ3) is 1.13. The molecule has 3 aromatic rings. The van der Waals surface area contributed by atoms with E-state index in [4.69, 9.17) is 11.5 Å². The van der Waals surface area contributed by atoms with E-state index in [1.165, 1.54) is 10.8 Å². The van der Waals surface area contributed by atoms with Crippen LogP contribution in [-0.2, 0) is 0 Å². The van der Waals surface area contributed by atoms with Gasteiger partial charge in [-0.1, -0.05) is 0 Å². The van der Waals surface area contributed by atoms with Gasteiger partial charge in [0.15, 0.2) is 5.76 Å². The van der Waals surface area contributed by atoms with E-state index in [9.17, 15) is 0 Å². The zero-order chi connectivity index (χ0) is 11.1. The summed E-state index contributed by atoms with van der Waals surface area (Å²) in [6, 6.07) is 3.45. The molecule has 0 aliphatic heterocycles. The van der Waals surface area contributed by atoms with Gasteiger partial charge in [0.1, 0.15) is 7.67 Å². The predicted molar refractivity (Wildman–Crippen MR) is 50.7 cm³/mol. The van der Waals surface area contributed by atoms with Gasteiger partial charge in [-0.25, -0.2) is 4.98 Å². The Labute approximate surface area is 85.0 Å². The number of furan rings is 1. The van der Waals surface area contributed by atoms with Gasteiger partial charge in [-0.2, -0.15) is 14.5 Å². The highest BCUT2D eigenvalue weighted by Crippen LogP contribution is 2.15. The Morgan fingerprint density at radius 3 is 3.20 bits per heavy atom. The minimum absolute atomic E-state index is 0.0697. The molecular formula is C8H6N6O. The van der Waals surface area contributed by atoms with Gasteiger partial charge < -0.3 is 10.2 Å².